The molecule has 27 heavy (non-hydrogen) atoms. The molecule has 0 aliphatic rings. The molecule has 4 aromatic rings. The van der Waals surface area contributed by atoms with Crippen molar-refractivity contribution < 1.29 is 9.90 Å². The molecule has 0 spiro atoms. The number of hydrogen-bond donors (Lipinski definition) is 2. The maximum absolute atomic E-state index is 12.1. The van der Waals surface area contributed by atoms with Gasteiger partial charge in [-0.2, -0.15) is 4.80 Å². The number of aromatic amines is 1. The minimum absolute atomic E-state index is 0.138. The number of aromatic nitrogens is 5. The second-order valence-corrected chi connectivity index (χ2v) is 5.92. The van der Waals surface area contributed by atoms with Crippen molar-refractivity contribution in [1.29, 1.82) is 0 Å². The molecular formula is C18H15N7O2. The Hall–Kier alpha value is -3.88. The molecule has 0 fully saturated rings. The number of fused-ring (bicyclic) bond motifs is 1. The maximum atomic E-state index is 12.1. The normalized spacial score (nSPS) is 11.4. The van der Waals surface area contributed by atoms with Gasteiger partial charge in [-0.1, -0.05) is 48.5 Å². The summed E-state index contributed by atoms with van der Waals surface area (Å²) in [6, 6.07) is 14.9. The smallest absolute Gasteiger partial charge is 0.287 e. The van der Waals surface area contributed by atoms with Crippen LogP contribution < -0.4 is 0 Å². The number of hydrogen-bond acceptors (Lipinski definition) is 6. The minimum Gasteiger partial charge on any atom is -0.493 e. The second kappa shape index (κ2) is 6.79. The number of para-hydroxylation sites is 1. The number of amides is 1. The summed E-state index contributed by atoms with van der Waals surface area (Å²) in [6.45, 7) is 1.70. The van der Waals surface area contributed by atoms with Crippen LogP contribution in [0.15, 0.2) is 58.8 Å². The molecule has 2 aromatic carbocycles. The molecule has 2 aromatic heterocycles. The predicted octanol–water partition coefficient (Wildman–Crippen LogP) is 3.15. The Labute approximate surface area is 153 Å². The molecule has 1 amide bonds. The van der Waals surface area contributed by atoms with Crippen LogP contribution in [0.3, 0.4) is 0 Å². The molecule has 0 unspecified atom stereocenters. The van der Waals surface area contributed by atoms with E-state index in [4.69, 9.17) is 0 Å². The number of carbonyl (C=O) groups excluding carboxylic acids is 1. The van der Waals surface area contributed by atoms with E-state index in [1.54, 1.807) is 6.07 Å². The fraction of sp³-hybridized carbons (Fsp3) is 0.111. The average molecular weight is 361 g/mol. The van der Waals surface area contributed by atoms with Crippen LogP contribution in [0, 0.1) is 6.92 Å². The molecule has 0 radical (unpaired) electrons. The number of H-pyrrole nitrogens is 1. The van der Waals surface area contributed by atoms with Gasteiger partial charge < -0.3 is 10.1 Å². The molecule has 0 bridgehead atoms. The van der Waals surface area contributed by atoms with Gasteiger partial charge in [0, 0.05) is 10.9 Å². The molecule has 0 aliphatic heterocycles. The van der Waals surface area contributed by atoms with Gasteiger partial charge >= 0.3 is 0 Å². The van der Waals surface area contributed by atoms with Gasteiger partial charge in [-0.3, -0.25) is 4.79 Å². The third-order valence-corrected chi connectivity index (χ3v) is 4.02. The molecule has 9 nitrogen and oxygen atoms in total. The molecular weight excluding hydrogens is 346 g/mol. The molecule has 134 valence electrons. The topological polar surface area (TPSA) is 121 Å². The zero-order chi connectivity index (χ0) is 18.8. The summed E-state index contributed by atoms with van der Waals surface area (Å²) in [6.07, 6.45) is 0. The zero-order valence-corrected chi connectivity index (χ0v) is 14.4. The largest absolute Gasteiger partial charge is 0.493 e. The van der Waals surface area contributed by atoms with Gasteiger partial charge in [-0.15, -0.1) is 20.4 Å². The first kappa shape index (κ1) is 16.6. The van der Waals surface area contributed by atoms with Crippen LogP contribution in [0.4, 0.5) is 5.69 Å². The van der Waals surface area contributed by atoms with Gasteiger partial charge in [0.05, 0.1) is 5.52 Å². The second-order valence-electron chi connectivity index (χ2n) is 5.92. The summed E-state index contributed by atoms with van der Waals surface area (Å²) in [4.78, 5) is 16.1. The molecule has 2 heterocycles. The van der Waals surface area contributed by atoms with E-state index in [1.165, 1.54) is 0 Å². The molecule has 9 heteroatoms. The monoisotopic (exact) mass is 361 g/mol. The first-order valence-corrected chi connectivity index (χ1v) is 8.20. The maximum Gasteiger partial charge on any atom is 0.287 e. The van der Waals surface area contributed by atoms with Crippen molar-refractivity contribution in [3.8, 4) is 17.3 Å². The number of azo groups is 1. The minimum atomic E-state index is -0.562. The number of aromatic hydroxyl groups is 1. The van der Waals surface area contributed by atoms with Crippen molar-refractivity contribution in [3.63, 3.8) is 0 Å². The molecule has 2 N–H and O–H groups in total. The highest BCUT2D eigenvalue weighted by molar-refractivity contribution is 5.96. The zero-order valence-electron chi connectivity index (χ0n) is 14.4. The van der Waals surface area contributed by atoms with E-state index < -0.39 is 5.91 Å². The van der Waals surface area contributed by atoms with Crippen molar-refractivity contribution in [2.45, 2.75) is 13.5 Å². The van der Waals surface area contributed by atoms with Gasteiger partial charge in [0.25, 0.3) is 5.91 Å². The van der Waals surface area contributed by atoms with Gasteiger partial charge in [0.2, 0.25) is 11.7 Å². The standard InChI is InChI=1S/C18H15N7O2/c1-11-6-5-9-13-15(11)19-18(27)16(13)21-20-14(26)10-25-23-17(22-24-25)12-7-3-2-4-8-12/h2-9,19,27H,10H2,1H3. The Morgan fingerprint density at radius 3 is 2.81 bits per heavy atom. The summed E-state index contributed by atoms with van der Waals surface area (Å²) >= 11 is 0. The third kappa shape index (κ3) is 3.30. The van der Waals surface area contributed by atoms with Crippen LogP contribution in [0.1, 0.15) is 5.56 Å². The van der Waals surface area contributed by atoms with Gasteiger partial charge in [0.15, 0.2) is 5.69 Å². The lowest BCUT2D eigenvalue weighted by Gasteiger charge is -1.95. The molecule has 0 saturated heterocycles. The van der Waals surface area contributed by atoms with E-state index in [-0.39, 0.29) is 18.1 Å². The predicted molar refractivity (Wildman–Crippen MR) is 97.5 cm³/mol. The Bertz CT molecular complexity index is 1150. The lowest BCUT2D eigenvalue weighted by molar-refractivity contribution is -0.119. The number of benzene rings is 2. The van der Waals surface area contributed by atoms with Crippen LogP contribution in [-0.4, -0.2) is 36.2 Å². The van der Waals surface area contributed by atoms with Crippen LogP contribution in [0.25, 0.3) is 22.3 Å². The molecule has 0 atom stereocenters. The Morgan fingerprint density at radius 2 is 2.00 bits per heavy atom. The summed E-state index contributed by atoms with van der Waals surface area (Å²) < 4.78 is 0. The van der Waals surface area contributed by atoms with Crippen LogP contribution in [0.5, 0.6) is 5.88 Å². The Balaban J connectivity index is 1.51. The van der Waals surface area contributed by atoms with Crippen molar-refractivity contribution in [2.24, 2.45) is 10.2 Å². The number of nitrogens with one attached hydrogen (secondary N) is 1. The molecule has 0 aliphatic carbocycles. The van der Waals surface area contributed by atoms with Crippen LogP contribution >= 0.6 is 0 Å². The van der Waals surface area contributed by atoms with E-state index in [1.807, 2.05) is 49.4 Å². The van der Waals surface area contributed by atoms with E-state index in [0.717, 1.165) is 21.4 Å². The van der Waals surface area contributed by atoms with E-state index in [2.05, 4.69) is 30.6 Å². The number of nitrogens with zero attached hydrogens (tertiary/aromatic N) is 6. The Kier molecular flexibility index (Phi) is 4.17. The quantitative estimate of drug-likeness (QED) is 0.541. The lowest BCUT2D eigenvalue weighted by atomic mass is 10.1. The van der Waals surface area contributed by atoms with E-state index in [0.29, 0.717) is 11.2 Å². The van der Waals surface area contributed by atoms with Crippen LogP contribution in [-0.2, 0) is 11.3 Å². The number of carbonyl (C=O) groups is 1. The van der Waals surface area contributed by atoms with Crippen molar-refractivity contribution >= 4 is 22.5 Å². The summed E-state index contributed by atoms with van der Waals surface area (Å²) in [7, 11) is 0. The summed E-state index contributed by atoms with van der Waals surface area (Å²) in [5, 5.41) is 30.2. The Morgan fingerprint density at radius 1 is 1.19 bits per heavy atom. The number of tetrazole rings is 1. The SMILES string of the molecule is Cc1cccc2c(N=NC(=O)Cn3nnc(-c4ccccc4)n3)c(O)[nH]c12. The van der Waals surface area contributed by atoms with Crippen molar-refractivity contribution in [2.75, 3.05) is 0 Å². The third-order valence-electron chi connectivity index (χ3n) is 4.02. The van der Waals surface area contributed by atoms with Crippen LogP contribution in [0.2, 0.25) is 0 Å². The number of aryl methyl sites for hydroxylation is 1. The highest BCUT2D eigenvalue weighted by Crippen LogP contribution is 2.36. The van der Waals surface area contributed by atoms with E-state index >= 15 is 0 Å². The molecule has 4 rings (SSSR count). The fourth-order valence-electron chi connectivity index (χ4n) is 2.71. The number of rotatable bonds is 4. The van der Waals surface area contributed by atoms with Gasteiger partial charge in [-0.25, -0.2) is 0 Å². The van der Waals surface area contributed by atoms with Gasteiger partial charge in [0.1, 0.15) is 6.54 Å². The average Bonchev–Trinajstić information content (AvgIpc) is 3.26. The highest BCUT2D eigenvalue weighted by atomic mass is 16.3. The van der Waals surface area contributed by atoms with E-state index in [9.17, 15) is 9.90 Å². The van der Waals surface area contributed by atoms with Crippen molar-refractivity contribution in [3.05, 3.63) is 54.1 Å². The lowest BCUT2D eigenvalue weighted by Crippen LogP contribution is -2.10. The molecule has 0 saturated carbocycles. The summed E-state index contributed by atoms with van der Waals surface area (Å²) in [5.74, 6) is -0.278. The summed E-state index contributed by atoms with van der Waals surface area (Å²) in [5.41, 5.74) is 2.73. The van der Waals surface area contributed by atoms with Gasteiger partial charge in [-0.05, 0) is 17.7 Å². The first-order chi connectivity index (χ1) is 13.1. The first-order valence-electron chi connectivity index (χ1n) is 8.20. The fourth-order valence-corrected chi connectivity index (χ4v) is 2.71. The highest BCUT2D eigenvalue weighted by Gasteiger charge is 2.13. The van der Waals surface area contributed by atoms with Crippen molar-refractivity contribution in [1.82, 2.24) is 25.2 Å².